The Bertz CT molecular complexity index is 1540. The van der Waals surface area contributed by atoms with Crippen molar-refractivity contribution in [3.05, 3.63) is 105 Å². The monoisotopic (exact) mass is 486 g/mol. The summed E-state index contributed by atoms with van der Waals surface area (Å²) in [7, 11) is 1.50. The van der Waals surface area contributed by atoms with Gasteiger partial charge in [-0.2, -0.15) is 0 Å². The number of ether oxygens (including phenoxy) is 1. The summed E-state index contributed by atoms with van der Waals surface area (Å²) in [4.78, 5) is 50.6. The first-order chi connectivity index (χ1) is 17.4. The van der Waals surface area contributed by atoms with Gasteiger partial charge in [-0.3, -0.25) is 18.7 Å². The molecule has 0 aliphatic carbocycles. The molecule has 36 heavy (non-hydrogen) atoms. The van der Waals surface area contributed by atoms with Crippen LogP contribution in [0, 0.1) is 0 Å². The van der Waals surface area contributed by atoms with Gasteiger partial charge in [-0.1, -0.05) is 42.5 Å². The molecule has 4 rings (SSSR count). The smallest absolute Gasteiger partial charge is 0.331 e. The largest absolute Gasteiger partial charge is 0.383 e. The second kappa shape index (κ2) is 10.8. The molecule has 0 bridgehead atoms. The van der Waals surface area contributed by atoms with E-state index in [9.17, 15) is 19.2 Å². The molecule has 2 N–H and O–H groups in total. The zero-order chi connectivity index (χ0) is 25.7. The van der Waals surface area contributed by atoms with Crippen molar-refractivity contribution in [3.8, 4) is 0 Å². The number of Topliss-reactive ketones (excluding diaryl/α,β-unsaturated/α-hetero) is 1. The maximum atomic E-state index is 13.2. The molecule has 0 aliphatic rings. The lowest BCUT2D eigenvalue weighted by molar-refractivity contribution is 0.101. The number of rotatable bonds is 8. The van der Waals surface area contributed by atoms with Crippen molar-refractivity contribution >= 4 is 34.1 Å². The van der Waals surface area contributed by atoms with Crippen LogP contribution >= 0.6 is 0 Å². The lowest BCUT2D eigenvalue weighted by atomic mass is 10.1. The highest BCUT2D eigenvalue weighted by molar-refractivity contribution is 6.02. The summed E-state index contributed by atoms with van der Waals surface area (Å²) in [6.07, 6.45) is 0. The fourth-order valence-corrected chi connectivity index (χ4v) is 3.91. The van der Waals surface area contributed by atoms with Crippen LogP contribution in [0.4, 0.5) is 16.2 Å². The lowest BCUT2D eigenvalue weighted by Gasteiger charge is -2.15. The minimum atomic E-state index is -0.535. The number of methoxy groups -OCH3 is 1. The van der Waals surface area contributed by atoms with Crippen molar-refractivity contribution in [2.45, 2.75) is 20.0 Å². The Hall–Kier alpha value is -4.50. The predicted molar refractivity (Wildman–Crippen MR) is 139 cm³/mol. The molecular formula is C27H26N4O5. The number of aromatic nitrogens is 2. The van der Waals surface area contributed by atoms with E-state index in [1.807, 2.05) is 30.3 Å². The van der Waals surface area contributed by atoms with E-state index < -0.39 is 17.3 Å². The predicted octanol–water partition coefficient (Wildman–Crippen LogP) is 3.70. The van der Waals surface area contributed by atoms with Gasteiger partial charge in [0.25, 0.3) is 5.56 Å². The van der Waals surface area contributed by atoms with Crippen LogP contribution in [0.3, 0.4) is 0 Å². The third-order valence-corrected chi connectivity index (χ3v) is 5.71. The van der Waals surface area contributed by atoms with Crippen LogP contribution in [0.1, 0.15) is 22.8 Å². The number of carbonyl (C=O) groups is 2. The Balaban J connectivity index is 1.69. The van der Waals surface area contributed by atoms with Gasteiger partial charge >= 0.3 is 11.7 Å². The zero-order valence-electron chi connectivity index (χ0n) is 20.0. The molecule has 0 saturated carbocycles. The molecule has 0 radical (unpaired) electrons. The van der Waals surface area contributed by atoms with E-state index in [1.54, 1.807) is 47.0 Å². The first-order valence-electron chi connectivity index (χ1n) is 11.4. The molecular weight excluding hydrogens is 460 g/mol. The number of amides is 2. The molecule has 9 heteroatoms. The van der Waals surface area contributed by atoms with Crippen LogP contribution in [-0.2, 0) is 17.8 Å². The van der Waals surface area contributed by atoms with Gasteiger partial charge in [-0.25, -0.2) is 9.59 Å². The van der Waals surface area contributed by atoms with Crippen LogP contribution in [0.5, 0.6) is 0 Å². The summed E-state index contributed by atoms with van der Waals surface area (Å²) in [6.45, 7) is 2.03. The Morgan fingerprint density at radius 3 is 2.28 bits per heavy atom. The fourth-order valence-electron chi connectivity index (χ4n) is 3.91. The molecule has 184 valence electrons. The molecule has 9 nitrogen and oxygen atoms in total. The first-order valence-corrected chi connectivity index (χ1v) is 11.4. The molecule has 0 spiro atoms. The lowest BCUT2D eigenvalue weighted by Crippen LogP contribution is -2.41. The van der Waals surface area contributed by atoms with Crippen LogP contribution in [-0.4, -0.2) is 34.7 Å². The summed E-state index contributed by atoms with van der Waals surface area (Å²) >= 11 is 0. The molecule has 0 atom stereocenters. The number of anilines is 2. The fraction of sp³-hybridized carbons (Fsp3) is 0.185. The van der Waals surface area contributed by atoms with Gasteiger partial charge in [0, 0.05) is 24.0 Å². The summed E-state index contributed by atoms with van der Waals surface area (Å²) in [5, 5.41) is 5.68. The summed E-state index contributed by atoms with van der Waals surface area (Å²) in [5.74, 6) is -0.111. The normalized spacial score (nSPS) is 10.8. The van der Waals surface area contributed by atoms with Crippen molar-refractivity contribution in [2.24, 2.45) is 0 Å². The second-order valence-corrected chi connectivity index (χ2v) is 8.25. The quantitative estimate of drug-likeness (QED) is 0.369. The highest BCUT2D eigenvalue weighted by atomic mass is 16.5. The highest BCUT2D eigenvalue weighted by Gasteiger charge is 2.15. The van der Waals surface area contributed by atoms with Crippen molar-refractivity contribution in [3.63, 3.8) is 0 Å². The maximum absolute atomic E-state index is 13.2. The van der Waals surface area contributed by atoms with Crippen LogP contribution in [0.15, 0.2) is 82.4 Å². The third kappa shape index (κ3) is 5.42. The number of hydrogen-bond donors (Lipinski definition) is 2. The van der Waals surface area contributed by atoms with E-state index in [0.29, 0.717) is 22.5 Å². The van der Waals surface area contributed by atoms with E-state index in [4.69, 9.17) is 4.74 Å². The Kier molecular flexibility index (Phi) is 7.41. The van der Waals surface area contributed by atoms with Gasteiger partial charge in [-0.05, 0) is 42.8 Å². The first kappa shape index (κ1) is 24.6. The number of hydrogen-bond acceptors (Lipinski definition) is 5. The van der Waals surface area contributed by atoms with Gasteiger partial charge in [0.15, 0.2) is 5.78 Å². The van der Waals surface area contributed by atoms with E-state index in [2.05, 4.69) is 10.6 Å². The van der Waals surface area contributed by atoms with Gasteiger partial charge in [0.2, 0.25) is 0 Å². The van der Waals surface area contributed by atoms with Crippen LogP contribution in [0.25, 0.3) is 10.9 Å². The number of ketones is 1. The number of nitrogens with zero attached hydrogens (tertiary/aromatic N) is 2. The Labute approximate surface area is 207 Å². The number of carbonyl (C=O) groups excluding carboxylic acids is 2. The van der Waals surface area contributed by atoms with Gasteiger partial charge in [0.1, 0.15) is 0 Å². The van der Waals surface area contributed by atoms with Crippen molar-refractivity contribution in [1.29, 1.82) is 0 Å². The molecule has 1 aromatic heterocycles. The minimum Gasteiger partial charge on any atom is -0.383 e. The molecule has 1 heterocycles. The Morgan fingerprint density at radius 2 is 1.58 bits per heavy atom. The van der Waals surface area contributed by atoms with Crippen LogP contribution in [0.2, 0.25) is 0 Å². The Morgan fingerprint density at radius 1 is 0.861 bits per heavy atom. The molecule has 4 aromatic rings. The zero-order valence-corrected chi connectivity index (χ0v) is 20.0. The molecule has 0 unspecified atom stereocenters. The topological polar surface area (TPSA) is 111 Å². The SMILES string of the molecule is COCCn1c(=O)c2cc(NC(=O)Nc3cccc(C(C)=O)c3)ccc2n(Cc2ccccc2)c1=O. The van der Waals surface area contributed by atoms with E-state index in [1.165, 1.54) is 14.0 Å². The molecule has 0 fully saturated rings. The van der Waals surface area contributed by atoms with Gasteiger partial charge in [0.05, 0.1) is 30.6 Å². The molecule has 3 aromatic carbocycles. The second-order valence-electron chi connectivity index (χ2n) is 8.25. The van der Waals surface area contributed by atoms with Gasteiger partial charge < -0.3 is 15.4 Å². The van der Waals surface area contributed by atoms with Crippen LogP contribution < -0.4 is 21.9 Å². The van der Waals surface area contributed by atoms with Crippen molar-refractivity contribution < 1.29 is 14.3 Å². The minimum absolute atomic E-state index is 0.101. The third-order valence-electron chi connectivity index (χ3n) is 5.71. The number of urea groups is 1. The van der Waals surface area contributed by atoms with E-state index in [0.717, 1.165) is 10.1 Å². The summed E-state index contributed by atoms with van der Waals surface area (Å²) < 4.78 is 7.77. The highest BCUT2D eigenvalue weighted by Crippen LogP contribution is 2.18. The number of fused-ring (bicyclic) bond motifs is 1. The average molecular weight is 487 g/mol. The molecule has 0 aliphatic heterocycles. The standard InChI is InChI=1S/C27H26N4O5/c1-18(32)20-9-6-10-21(15-20)28-26(34)29-22-11-12-24-23(16-22)25(33)30(13-14-36-2)27(35)31(24)17-19-7-4-3-5-8-19/h3-12,15-16H,13-14,17H2,1-2H3,(H2,28,29,34). The number of benzene rings is 3. The average Bonchev–Trinajstić information content (AvgIpc) is 2.87. The van der Waals surface area contributed by atoms with E-state index in [-0.39, 0.29) is 30.9 Å². The number of nitrogens with one attached hydrogen (secondary N) is 2. The molecule has 0 saturated heterocycles. The summed E-state index contributed by atoms with van der Waals surface area (Å²) in [5.41, 5.74) is 1.79. The van der Waals surface area contributed by atoms with E-state index >= 15 is 0 Å². The summed E-state index contributed by atoms with van der Waals surface area (Å²) in [6, 6.07) is 20.4. The van der Waals surface area contributed by atoms with Gasteiger partial charge in [-0.15, -0.1) is 0 Å². The molecule has 2 amide bonds. The maximum Gasteiger partial charge on any atom is 0.331 e. The van der Waals surface area contributed by atoms with Crippen molar-refractivity contribution in [1.82, 2.24) is 9.13 Å². The van der Waals surface area contributed by atoms with Crippen molar-refractivity contribution in [2.75, 3.05) is 24.4 Å².